The maximum Gasteiger partial charge on any atom is 0.407 e. The number of hydrogen-bond acceptors (Lipinski definition) is 4. The van der Waals surface area contributed by atoms with E-state index in [2.05, 4.69) is 15.3 Å². The van der Waals surface area contributed by atoms with Crippen molar-refractivity contribution >= 4 is 11.9 Å². The van der Waals surface area contributed by atoms with Gasteiger partial charge in [-0.05, 0) is 25.5 Å². The summed E-state index contributed by atoms with van der Waals surface area (Å²) < 4.78 is 1.90. The predicted molar refractivity (Wildman–Crippen MR) is 82.8 cm³/mol. The highest BCUT2D eigenvalue weighted by Crippen LogP contribution is 2.23. The Kier molecular flexibility index (Phi) is 3.70. The van der Waals surface area contributed by atoms with E-state index in [0.29, 0.717) is 13.1 Å². The first-order valence-electron chi connectivity index (χ1n) is 7.23. The van der Waals surface area contributed by atoms with Crippen LogP contribution in [0.3, 0.4) is 0 Å². The van der Waals surface area contributed by atoms with Gasteiger partial charge in [0.2, 0.25) is 0 Å². The molecule has 1 saturated heterocycles. The van der Waals surface area contributed by atoms with Gasteiger partial charge in [0, 0.05) is 43.6 Å². The molecular weight excluding hydrogens is 282 g/mol. The zero-order chi connectivity index (χ0) is 15.7. The number of hydrogen-bond donors (Lipinski definition) is 2. The highest BCUT2D eigenvalue weighted by Gasteiger charge is 2.25. The van der Waals surface area contributed by atoms with Crippen LogP contribution in [0.4, 0.5) is 10.6 Å². The minimum atomic E-state index is -0.862. The molecule has 0 radical (unpaired) electrons. The Bertz CT molecular complexity index is 697. The first-order chi connectivity index (χ1) is 10.5. The van der Waals surface area contributed by atoms with E-state index >= 15 is 0 Å². The summed E-state index contributed by atoms with van der Waals surface area (Å²) in [5, 5.41) is 12.3. The molecule has 1 atom stereocenters. The number of anilines is 1. The standard InChI is InChI=1S/C15H19N5O2/c1-10-12(13-8-19(2)9-16-13)3-4-14(17-10)18-11-5-6-20(7-11)15(21)22/h3-4,8-9,11H,5-7H2,1-2H3,(H,17,18)(H,21,22)/t11-/m0/s1. The van der Waals surface area contributed by atoms with Gasteiger partial charge >= 0.3 is 6.09 Å². The van der Waals surface area contributed by atoms with Gasteiger partial charge in [-0.3, -0.25) is 0 Å². The van der Waals surface area contributed by atoms with Crippen molar-refractivity contribution in [2.24, 2.45) is 7.05 Å². The third-order valence-electron chi connectivity index (χ3n) is 3.88. The number of nitrogens with one attached hydrogen (secondary N) is 1. The van der Waals surface area contributed by atoms with Crippen LogP contribution >= 0.6 is 0 Å². The van der Waals surface area contributed by atoms with E-state index in [1.165, 1.54) is 4.90 Å². The van der Waals surface area contributed by atoms with Gasteiger partial charge in [-0.15, -0.1) is 0 Å². The number of carbonyl (C=O) groups is 1. The molecule has 2 aromatic heterocycles. The fourth-order valence-corrected chi connectivity index (χ4v) is 2.73. The number of amides is 1. The average Bonchev–Trinajstić information content (AvgIpc) is 3.08. The summed E-state index contributed by atoms with van der Waals surface area (Å²) >= 11 is 0. The van der Waals surface area contributed by atoms with Crippen LogP contribution in [0.15, 0.2) is 24.7 Å². The lowest BCUT2D eigenvalue weighted by Crippen LogP contribution is -2.30. The number of aromatic nitrogens is 3. The molecule has 0 saturated carbocycles. The number of pyridine rings is 1. The van der Waals surface area contributed by atoms with Crippen molar-refractivity contribution in [1.82, 2.24) is 19.4 Å². The van der Waals surface area contributed by atoms with Crippen molar-refractivity contribution < 1.29 is 9.90 Å². The van der Waals surface area contributed by atoms with Crippen LogP contribution in [0.5, 0.6) is 0 Å². The highest BCUT2D eigenvalue weighted by molar-refractivity contribution is 5.66. The largest absolute Gasteiger partial charge is 0.465 e. The molecule has 3 rings (SSSR count). The van der Waals surface area contributed by atoms with Gasteiger partial charge in [0.1, 0.15) is 5.82 Å². The molecule has 0 unspecified atom stereocenters. The van der Waals surface area contributed by atoms with E-state index in [9.17, 15) is 4.79 Å². The summed E-state index contributed by atoms with van der Waals surface area (Å²) in [4.78, 5) is 21.3. The second kappa shape index (κ2) is 5.67. The molecule has 1 fully saturated rings. The molecule has 7 heteroatoms. The van der Waals surface area contributed by atoms with Gasteiger partial charge in [0.15, 0.2) is 0 Å². The lowest BCUT2D eigenvalue weighted by molar-refractivity contribution is 0.155. The average molecular weight is 301 g/mol. The van der Waals surface area contributed by atoms with Gasteiger partial charge in [-0.25, -0.2) is 14.8 Å². The fraction of sp³-hybridized carbons (Fsp3) is 0.400. The molecule has 1 aliphatic heterocycles. The second-order valence-electron chi connectivity index (χ2n) is 5.61. The van der Waals surface area contributed by atoms with Crippen LogP contribution in [0.1, 0.15) is 12.1 Å². The van der Waals surface area contributed by atoms with Crippen molar-refractivity contribution in [2.45, 2.75) is 19.4 Å². The van der Waals surface area contributed by atoms with E-state index in [1.807, 2.05) is 36.9 Å². The third kappa shape index (κ3) is 2.88. The van der Waals surface area contributed by atoms with Gasteiger partial charge < -0.3 is 19.9 Å². The van der Waals surface area contributed by atoms with E-state index in [0.717, 1.165) is 29.2 Å². The van der Waals surface area contributed by atoms with Crippen molar-refractivity contribution in [3.63, 3.8) is 0 Å². The van der Waals surface area contributed by atoms with Crippen LogP contribution in [0.2, 0.25) is 0 Å². The molecular formula is C15H19N5O2. The Morgan fingerprint density at radius 3 is 2.86 bits per heavy atom. The lowest BCUT2D eigenvalue weighted by Gasteiger charge is -2.15. The highest BCUT2D eigenvalue weighted by atomic mass is 16.4. The molecule has 0 aromatic carbocycles. The van der Waals surface area contributed by atoms with E-state index in [-0.39, 0.29) is 6.04 Å². The number of carboxylic acid groups (broad SMARTS) is 1. The Labute approximate surface area is 128 Å². The molecule has 0 bridgehead atoms. The number of rotatable bonds is 3. The van der Waals surface area contributed by atoms with Crippen LogP contribution in [-0.4, -0.2) is 49.8 Å². The van der Waals surface area contributed by atoms with Crippen molar-refractivity contribution in [3.8, 4) is 11.3 Å². The van der Waals surface area contributed by atoms with Crippen molar-refractivity contribution in [1.29, 1.82) is 0 Å². The molecule has 0 aliphatic carbocycles. The van der Waals surface area contributed by atoms with Crippen LogP contribution in [0, 0.1) is 6.92 Å². The number of imidazole rings is 1. The molecule has 2 aromatic rings. The van der Waals surface area contributed by atoms with Crippen molar-refractivity contribution in [3.05, 3.63) is 30.4 Å². The first kappa shape index (κ1) is 14.4. The van der Waals surface area contributed by atoms with E-state index in [1.54, 1.807) is 6.33 Å². The minimum absolute atomic E-state index is 0.115. The summed E-state index contributed by atoms with van der Waals surface area (Å²) in [6.45, 7) is 3.02. The lowest BCUT2D eigenvalue weighted by atomic mass is 10.1. The SMILES string of the molecule is Cc1nc(N[C@H]2CCN(C(=O)O)C2)ccc1-c1cn(C)cn1. The van der Waals surface area contributed by atoms with Gasteiger partial charge in [0.25, 0.3) is 0 Å². The number of nitrogens with zero attached hydrogens (tertiary/aromatic N) is 4. The van der Waals surface area contributed by atoms with Crippen LogP contribution in [-0.2, 0) is 7.05 Å². The molecule has 1 aliphatic rings. The normalized spacial score (nSPS) is 17.7. The summed E-state index contributed by atoms with van der Waals surface area (Å²) in [6.07, 6.45) is 3.66. The summed E-state index contributed by atoms with van der Waals surface area (Å²) in [7, 11) is 1.93. The zero-order valence-electron chi connectivity index (χ0n) is 12.7. The number of likely N-dealkylation sites (tertiary alicyclic amines) is 1. The molecule has 0 spiro atoms. The Hall–Kier alpha value is -2.57. The molecule has 116 valence electrons. The molecule has 7 nitrogen and oxygen atoms in total. The van der Waals surface area contributed by atoms with Crippen molar-refractivity contribution in [2.75, 3.05) is 18.4 Å². The van der Waals surface area contributed by atoms with Gasteiger partial charge in [-0.2, -0.15) is 0 Å². The zero-order valence-corrected chi connectivity index (χ0v) is 12.7. The maximum absolute atomic E-state index is 10.9. The molecule has 2 N–H and O–H groups in total. The second-order valence-corrected chi connectivity index (χ2v) is 5.61. The minimum Gasteiger partial charge on any atom is -0.465 e. The number of aryl methyl sites for hydroxylation is 2. The monoisotopic (exact) mass is 301 g/mol. The quantitative estimate of drug-likeness (QED) is 0.905. The van der Waals surface area contributed by atoms with Crippen LogP contribution < -0.4 is 5.32 Å². The maximum atomic E-state index is 10.9. The van der Waals surface area contributed by atoms with Crippen LogP contribution in [0.25, 0.3) is 11.3 Å². The molecule has 22 heavy (non-hydrogen) atoms. The Morgan fingerprint density at radius 2 is 2.27 bits per heavy atom. The third-order valence-corrected chi connectivity index (χ3v) is 3.88. The molecule has 3 heterocycles. The predicted octanol–water partition coefficient (Wildman–Crippen LogP) is 1.95. The summed E-state index contributed by atoms with van der Waals surface area (Å²) in [6, 6.07) is 4.03. The first-order valence-corrected chi connectivity index (χ1v) is 7.23. The fourth-order valence-electron chi connectivity index (χ4n) is 2.73. The summed E-state index contributed by atoms with van der Waals surface area (Å²) in [5.41, 5.74) is 2.80. The topological polar surface area (TPSA) is 83.3 Å². The summed E-state index contributed by atoms with van der Waals surface area (Å²) in [5.74, 6) is 0.773. The van der Waals surface area contributed by atoms with E-state index in [4.69, 9.17) is 5.11 Å². The van der Waals surface area contributed by atoms with Gasteiger partial charge in [-0.1, -0.05) is 0 Å². The Balaban J connectivity index is 1.71. The van der Waals surface area contributed by atoms with E-state index < -0.39 is 6.09 Å². The smallest absolute Gasteiger partial charge is 0.407 e. The van der Waals surface area contributed by atoms with Gasteiger partial charge in [0.05, 0.1) is 12.0 Å². The Morgan fingerprint density at radius 1 is 1.45 bits per heavy atom. The molecule has 1 amide bonds.